The number of anilines is 2. The number of aromatic nitrogens is 2. The molecule has 1 saturated carbocycles. The summed E-state index contributed by atoms with van der Waals surface area (Å²) in [5.41, 5.74) is 2.96. The zero-order valence-electron chi connectivity index (χ0n) is 15.0. The van der Waals surface area contributed by atoms with Crippen LogP contribution in [0.3, 0.4) is 0 Å². The number of carbonyl (C=O) groups excluding carboxylic acids is 1. The van der Waals surface area contributed by atoms with Gasteiger partial charge in [-0.1, -0.05) is 5.16 Å². The lowest BCUT2D eigenvalue weighted by Gasteiger charge is -2.30. The summed E-state index contributed by atoms with van der Waals surface area (Å²) >= 11 is 0. The first kappa shape index (κ1) is 16.6. The number of fused-ring (bicyclic) bond motifs is 1. The summed E-state index contributed by atoms with van der Waals surface area (Å²) in [5, 5.41) is 16.0. The van der Waals surface area contributed by atoms with Crippen molar-refractivity contribution in [3.63, 3.8) is 0 Å². The van der Waals surface area contributed by atoms with E-state index in [0.717, 1.165) is 47.8 Å². The Morgan fingerprint density at radius 2 is 2.23 bits per heavy atom. The number of hydrogen-bond donors (Lipinski definition) is 1. The Morgan fingerprint density at radius 1 is 1.42 bits per heavy atom. The van der Waals surface area contributed by atoms with Crippen molar-refractivity contribution < 1.29 is 9.32 Å². The highest BCUT2D eigenvalue weighted by Crippen LogP contribution is 2.46. The highest BCUT2D eigenvalue weighted by atomic mass is 16.5. The third kappa shape index (κ3) is 2.92. The largest absolute Gasteiger partial charge is 0.362 e. The highest BCUT2D eigenvalue weighted by molar-refractivity contribution is 5.99. The third-order valence-electron chi connectivity index (χ3n) is 5.11. The smallest absolute Gasteiger partial charge is 0.246 e. The third-order valence-corrected chi connectivity index (χ3v) is 5.11. The van der Waals surface area contributed by atoms with Gasteiger partial charge in [0.15, 0.2) is 5.76 Å². The molecule has 0 atom stereocenters. The molecule has 2 aliphatic rings. The van der Waals surface area contributed by atoms with Crippen LogP contribution in [0.25, 0.3) is 0 Å². The van der Waals surface area contributed by atoms with E-state index in [9.17, 15) is 10.1 Å². The van der Waals surface area contributed by atoms with Gasteiger partial charge >= 0.3 is 0 Å². The fourth-order valence-electron chi connectivity index (χ4n) is 3.36. The number of aryl methyl sites for hydroxylation is 3. The van der Waals surface area contributed by atoms with Crippen molar-refractivity contribution in [3.05, 3.63) is 34.8 Å². The molecular formula is C19H21N5O2. The molecule has 26 heavy (non-hydrogen) atoms. The van der Waals surface area contributed by atoms with E-state index in [4.69, 9.17) is 9.51 Å². The van der Waals surface area contributed by atoms with Crippen molar-refractivity contribution in [1.82, 2.24) is 10.1 Å². The lowest BCUT2D eigenvalue weighted by molar-refractivity contribution is -0.119. The molecule has 0 saturated heterocycles. The van der Waals surface area contributed by atoms with Gasteiger partial charge in [0.25, 0.3) is 0 Å². The molecule has 0 aromatic carbocycles. The molecule has 0 bridgehead atoms. The summed E-state index contributed by atoms with van der Waals surface area (Å²) in [7, 11) is 0. The Labute approximate surface area is 152 Å². The van der Waals surface area contributed by atoms with Gasteiger partial charge in [-0.05, 0) is 51.2 Å². The Balaban J connectivity index is 1.58. The van der Waals surface area contributed by atoms with Crippen LogP contribution in [-0.4, -0.2) is 22.6 Å². The number of nitrogens with zero attached hydrogens (tertiary/aromatic N) is 4. The SMILES string of the molecule is Cc1cc(CN2CCCc3nc(NC(=O)C4(C#N)CC4)c(C)cc32)on1. The molecule has 7 nitrogen and oxygen atoms in total. The van der Waals surface area contributed by atoms with Gasteiger partial charge in [0, 0.05) is 12.6 Å². The first-order valence-electron chi connectivity index (χ1n) is 8.91. The summed E-state index contributed by atoms with van der Waals surface area (Å²) < 4.78 is 5.35. The average Bonchev–Trinajstić information content (AvgIpc) is 3.33. The molecule has 134 valence electrons. The van der Waals surface area contributed by atoms with Crippen molar-refractivity contribution in [1.29, 1.82) is 5.26 Å². The molecule has 4 rings (SSSR count). The Bertz CT molecular complexity index is 907. The summed E-state index contributed by atoms with van der Waals surface area (Å²) in [6.45, 7) is 5.42. The molecule has 7 heteroatoms. The van der Waals surface area contributed by atoms with Gasteiger partial charge in [0.1, 0.15) is 11.2 Å². The summed E-state index contributed by atoms with van der Waals surface area (Å²) in [6, 6.07) is 6.13. The molecule has 0 spiro atoms. The maximum Gasteiger partial charge on any atom is 0.246 e. The quantitative estimate of drug-likeness (QED) is 0.910. The minimum absolute atomic E-state index is 0.236. The minimum Gasteiger partial charge on any atom is -0.362 e. The van der Waals surface area contributed by atoms with Crippen molar-refractivity contribution in [3.8, 4) is 6.07 Å². The van der Waals surface area contributed by atoms with Crippen LogP contribution >= 0.6 is 0 Å². The molecule has 0 radical (unpaired) electrons. The molecule has 2 aromatic heterocycles. The fourth-order valence-corrected chi connectivity index (χ4v) is 3.36. The monoisotopic (exact) mass is 351 g/mol. The summed E-state index contributed by atoms with van der Waals surface area (Å²) in [5.74, 6) is 1.16. The first-order chi connectivity index (χ1) is 12.5. The normalized spacial score (nSPS) is 17.3. The molecule has 1 aliphatic carbocycles. The maximum atomic E-state index is 12.4. The topological polar surface area (TPSA) is 95.1 Å². The number of amides is 1. The van der Waals surface area contributed by atoms with E-state index in [1.807, 2.05) is 19.9 Å². The zero-order valence-corrected chi connectivity index (χ0v) is 15.0. The van der Waals surface area contributed by atoms with Gasteiger partial charge in [0.05, 0.1) is 29.7 Å². The van der Waals surface area contributed by atoms with Crippen LogP contribution in [0.2, 0.25) is 0 Å². The fraction of sp³-hybridized carbons (Fsp3) is 0.474. The second-order valence-corrected chi connectivity index (χ2v) is 7.23. The van der Waals surface area contributed by atoms with E-state index in [1.54, 1.807) is 0 Å². The molecule has 1 fully saturated rings. The van der Waals surface area contributed by atoms with Gasteiger partial charge in [-0.3, -0.25) is 4.79 Å². The van der Waals surface area contributed by atoms with E-state index in [2.05, 4.69) is 27.5 Å². The molecular weight excluding hydrogens is 330 g/mol. The minimum atomic E-state index is -0.847. The van der Waals surface area contributed by atoms with Gasteiger partial charge in [-0.2, -0.15) is 5.26 Å². The number of rotatable bonds is 4. The van der Waals surface area contributed by atoms with Crippen LogP contribution < -0.4 is 10.2 Å². The first-order valence-corrected chi connectivity index (χ1v) is 8.91. The average molecular weight is 351 g/mol. The lowest BCUT2D eigenvalue weighted by Crippen LogP contribution is -2.30. The van der Waals surface area contributed by atoms with E-state index < -0.39 is 5.41 Å². The summed E-state index contributed by atoms with van der Waals surface area (Å²) in [4.78, 5) is 19.3. The molecule has 3 heterocycles. The summed E-state index contributed by atoms with van der Waals surface area (Å²) in [6.07, 6.45) is 3.12. The number of pyridine rings is 1. The highest BCUT2D eigenvalue weighted by Gasteiger charge is 2.50. The van der Waals surface area contributed by atoms with Crippen LogP contribution in [0.1, 0.15) is 42.0 Å². The van der Waals surface area contributed by atoms with E-state index in [0.29, 0.717) is 25.2 Å². The van der Waals surface area contributed by atoms with Crippen molar-refractivity contribution in [2.45, 2.75) is 46.1 Å². The number of carbonyl (C=O) groups is 1. The van der Waals surface area contributed by atoms with Gasteiger partial charge in [-0.25, -0.2) is 4.98 Å². The molecule has 1 aliphatic heterocycles. The van der Waals surface area contributed by atoms with Crippen LogP contribution in [0, 0.1) is 30.6 Å². The number of nitriles is 1. The number of nitrogens with one attached hydrogen (secondary N) is 1. The Morgan fingerprint density at radius 3 is 2.88 bits per heavy atom. The van der Waals surface area contributed by atoms with Crippen LogP contribution in [0.4, 0.5) is 11.5 Å². The lowest BCUT2D eigenvalue weighted by atomic mass is 10.0. The van der Waals surface area contributed by atoms with Crippen molar-refractivity contribution in [2.24, 2.45) is 5.41 Å². The molecule has 0 unspecified atom stereocenters. The van der Waals surface area contributed by atoms with Crippen LogP contribution in [0.15, 0.2) is 16.7 Å². The molecule has 1 N–H and O–H groups in total. The van der Waals surface area contributed by atoms with Gasteiger partial charge in [-0.15, -0.1) is 0 Å². The van der Waals surface area contributed by atoms with E-state index in [-0.39, 0.29) is 5.91 Å². The number of hydrogen-bond acceptors (Lipinski definition) is 6. The standard InChI is InChI=1S/C19H21N5O2/c1-12-8-16-15(21-17(12)22-18(25)19(11-20)5-6-19)4-3-7-24(16)10-14-9-13(2)23-26-14/h8-9H,3-7,10H2,1-2H3,(H,21,22,25). The van der Waals surface area contributed by atoms with Crippen LogP contribution in [0.5, 0.6) is 0 Å². The molecule has 2 aromatic rings. The second-order valence-electron chi connectivity index (χ2n) is 7.23. The van der Waals surface area contributed by atoms with E-state index in [1.165, 1.54) is 0 Å². The maximum absolute atomic E-state index is 12.4. The van der Waals surface area contributed by atoms with Crippen molar-refractivity contribution >= 4 is 17.4 Å². The molecule has 1 amide bonds. The van der Waals surface area contributed by atoms with Gasteiger partial charge < -0.3 is 14.7 Å². The second kappa shape index (κ2) is 6.13. The Kier molecular flexibility index (Phi) is 3.91. The predicted molar refractivity (Wildman–Crippen MR) is 95.5 cm³/mol. The predicted octanol–water partition coefficient (Wildman–Crippen LogP) is 2.88. The Hall–Kier alpha value is -2.88. The van der Waals surface area contributed by atoms with Gasteiger partial charge in [0.2, 0.25) is 5.91 Å². The zero-order chi connectivity index (χ0) is 18.3. The van der Waals surface area contributed by atoms with Crippen molar-refractivity contribution in [2.75, 3.05) is 16.8 Å². The van der Waals surface area contributed by atoms with E-state index >= 15 is 0 Å². The van der Waals surface area contributed by atoms with Crippen LogP contribution in [-0.2, 0) is 17.8 Å².